The summed E-state index contributed by atoms with van der Waals surface area (Å²) in [5, 5.41) is 6.95. The van der Waals surface area contributed by atoms with Crippen LogP contribution in [0.15, 0.2) is 18.6 Å². The molecule has 0 aromatic carbocycles. The number of likely N-dealkylation sites (tertiary alicyclic amines) is 1. The number of hydrogen-bond acceptors (Lipinski definition) is 4. The van der Waals surface area contributed by atoms with Gasteiger partial charge in [-0.2, -0.15) is 5.10 Å². The lowest BCUT2D eigenvalue weighted by atomic mass is 9.95. The highest BCUT2D eigenvalue weighted by Gasteiger charge is 2.20. The van der Waals surface area contributed by atoms with Crippen LogP contribution in [0.5, 0.6) is 0 Å². The second-order valence-electron chi connectivity index (χ2n) is 5.34. The molecule has 1 N–H and O–H groups in total. The highest BCUT2D eigenvalue weighted by molar-refractivity contribution is 5.59. The third-order valence-corrected chi connectivity index (χ3v) is 3.82. The molecule has 0 saturated carbocycles. The second kappa shape index (κ2) is 5.09. The lowest BCUT2D eigenvalue weighted by Gasteiger charge is -2.29. The molecule has 1 saturated heterocycles. The Morgan fingerprint density at radius 2 is 2.16 bits per heavy atom. The predicted molar refractivity (Wildman–Crippen MR) is 73.8 cm³/mol. The van der Waals surface area contributed by atoms with Crippen LogP contribution < -0.4 is 0 Å². The quantitative estimate of drug-likeness (QED) is 0.893. The SMILES string of the molecule is Cc1[nH]ncc1-c1cnc(C2CCCN(C)C2)cn1. The molecule has 2 aromatic heterocycles. The highest BCUT2D eigenvalue weighted by atomic mass is 15.1. The smallest absolute Gasteiger partial charge is 0.0919 e. The van der Waals surface area contributed by atoms with E-state index in [2.05, 4.69) is 32.1 Å². The van der Waals surface area contributed by atoms with E-state index in [1.807, 2.05) is 19.3 Å². The van der Waals surface area contributed by atoms with E-state index in [0.29, 0.717) is 5.92 Å². The Hall–Kier alpha value is -1.75. The minimum Gasteiger partial charge on any atom is -0.306 e. The van der Waals surface area contributed by atoms with Crippen LogP contribution in [0.4, 0.5) is 0 Å². The zero-order chi connectivity index (χ0) is 13.2. The third kappa shape index (κ3) is 2.51. The first-order valence-corrected chi connectivity index (χ1v) is 6.75. The maximum Gasteiger partial charge on any atom is 0.0919 e. The van der Waals surface area contributed by atoms with Crippen molar-refractivity contribution in [2.45, 2.75) is 25.7 Å². The van der Waals surface area contributed by atoms with Crippen molar-refractivity contribution in [3.8, 4) is 11.3 Å². The number of aromatic nitrogens is 4. The van der Waals surface area contributed by atoms with E-state index < -0.39 is 0 Å². The van der Waals surface area contributed by atoms with E-state index in [0.717, 1.165) is 29.2 Å². The van der Waals surface area contributed by atoms with Gasteiger partial charge < -0.3 is 4.90 Å². The van der Waals surface area contributed by atoms with Gasteiger partial charge in [-0.25, -0.2) is 0 Å². The number of nitrogens with one attached hydrogen (secondary N) is 1. The summed E-state index contributed by atoms with van der Waals surface area (Å²) in [5.74, 6) is 0.519. The molecule has 2 aromatic rings. The molecule has 1 unspecified atom stereocenters. The molecule has 1 fully saturated rings. The number of likely N-dealkylation sites (N-methyl/N-ethyl adjacent to an activating group) is 1. The average molecular weight is 257 g/mol. The Bertz CT molecular complexity index is 545. The van der Waals surface area contributed by atoms with Crippen LogP contribution in [0.1, 0.15) is 30.1 Å². The predicted octanol–water partition coefficient (Wildman–Crippen LogP) is 1.98. The fraction of sp³-hybridized carbons (Fsp3) is 0.500. The Balaban J connectivity index is 1.81. The fourth-order valence-electron chi connectivity index (χ4n) is 2.70. The van der Waals surface area contributed by atoms with Crippen LogP contribution >= 0.6 is 0 Å². The van der Waals surface area contributed by atoms with Gasteiger partial charge in [0.25, 0.3) is 0 Å². The fourth-order valence-corrected chi connectivity index (χ4v) is 2.70. The molecular weight excluding hydrogens is 238 g/mol. The number of hydrogen-bond donors (Lipinski definition) is 1. The summed E-state index contributed by atoms with van der Waals surface area (Å²) in [6, 6.07) is 0. The van der Waals surface area contributed by atoms with Crippen molar-refractivity contribution < 1.29 is 0 Å². The lowest BCUT2D eigenvalue weighted by Crippen LogP contribution is -2.31. The first kappa shape index (κ1) is 12.3. The number of piperidine rings is 1. The average Bonchev–Trinajstić information content (AvgIpc) is 2.85. The van der Waals surface area contributed by atoms with Gasteiger partial charge in [0.1, 0.15) is 0 Å². The standard InChI is InChI=1S/C14H19N5/c1-10-12(6-17-18-10)14-8-15-13(7-16-14)11-4-3-5-19(2)9-11/h6-8,11H,3-5,9H2,1-2H3,(H,17,18). The molecule has 3 heterocycles. The van der Waals surface area contributed by atoms with Crippen LogP contribution in [0.3, 0.4) is 0 Å². The van der Waals surface area contributed by atoms with Gasteiger partial charge in [-0.15, -0.1) is 0 Å². The molecule has 3 rings (SSSR count). The minimum absolute atomic E-state index is 0.519. The van der Waals surface area contributed by atoms with Gasteiger partial charge in [-0.1, -0.05) is 0 Å². The van der Waals surface area contributed by atoms with Crippen LogP contribution in [0.2, 0.25) is 0 Å². The van der Waals surface area contributed by atoms with Gasteiger partial charge in [0, 0.05) is 29.9 Å². The molecular formula is C14H19N5. The Morgan fingerprint density at radius 1 is 1.26 bits per heavy atom. The van der Waals surface area contributed by atoms with Crippen LogP contribution in [-0.4, -0.2) is 45.2 Å². The summed E-state index contributed by atoms with van der Waals surface area (Å²) in [5.41, 5.74) is 4.05. The van der Waals surface area contributed by atoms with Crippen LogP contribution in [0.25, 0.3) is 11.3 Å². The maximum atomic E-state index is 4.60. The van der Waals surface area contributed by atoms with Gasteiger partial charge >= 0.3 is 0 Å². The first-order valence-electron chi connectivity index (χ1n) is 6.75. The Kier molecular flexibility index (Phi) is 3.29. The second-order valence-corrected chi connectivity index (χ2v) is 5.34. The van der Waals surface area contributed by atoms with Crippen molar-refractivity contribution in [1.82, 2.24) is 25.1 Å². The zero-order valence-corrected chi connectivity index (χ0v) is 11.4. The molecule has 19 heavy (non-hydrogen) atoms. The van der Waals surface area contributed by atoms with Gasteiger partial charge in [0.2, 0.25) is 0 Å². The monoisotopic (exact) mass is 257 g/mol. The highest BCUT2D eigenvalue weighted by Crippen LogP contribution is 2.25. The molecule has 0 amide bonds. The molecule has 0 radical (unpaired) electrons. The molecule has 5 nitrogen and oxygen atoms in total. The Morgan fingerprint density at radius 3 is 2.79 bits per heavy atom. The normalized spacial score (nSPS) is 20.6. The van der Waals surface area contributed by atoms with E-state index in [-0.39, 0.29) is 0 Å². The van der Waals surface area contributed by atoms with E-state index in [4.69, 9.17) is 0 Å². The van der Waals surface area contributed by atoms with Crippen LogP contribution in [-0.2, 0) is 0 Å². The molecule has 1 aliphatic rings. The molecule has 0 spiro atoms. The largest absolute Gasteiger partial charge is 0.306 e. The topological polar surface area (TPSA) is 57.7 Å². The van der Waals surface area contributed by atoms with Gasteiger partial charge in [0.05, 0.1) is 23.8 Å². The summed E-state index contributed by atoms with van der Waals surface area (Å²) in [7, 11) is 2.17. The van der Waals surface area contributed by atoms with E-state index in [9.17, 15) is 0 Å². The van der Waals surface area contributed by atoms with E-state index >= 15 is 0 Å². The van der Waals surface area contributed by atoms with Crippen molar-refractivity contribution >= 4 is 0 Å². The summed E-state index contributed by atoms with van der Waals surface area (Å²) < 4.78 is 0. The van der Waals surface area contributed by atoms with Crippen molar-refractivity contribution in [2.24, 2.45) is 0 Å². The summed E-state index contributed by atoms with van der Waals surface area (Å²) >= 11 is 0. The number of nitrogens with zero attached hydrogens (tertiary/aromatic N) is 4. The molecule has 0 aliphatic carbocycles. The van der Waals surface area contributed by atoms with Gasteiger partial charge in [0.15, 0.2) is 0 Å². The zero-order valence-electron chi connectivity index (χ0n) is 11.4. The minimum atomic E-state index is 0.519. The summed E-state index contributed by atoms with van der Waals surface area (Å²) in [6.07, 6.45) is 8.04. The Labute approximate surface area is 113 Å². The van der Waals surface area contributed by atoms with Crippen LogP contribution in [0, 0.1) is 6.92 Å². The van der Waals surface area contributed by atoms with Crippen molar-refractivity contribution in [3.63, 3.8) is 0 Å². The molecule has 1 atom stereocenters. The van der Waals surface area contributed by atoms with E-state index in [1.54, 1.807) is 6.20 Å². The number of H-pyrrole nitrogens is 1. The molecule has 0 bridgehead atoms. The van der Waals surface area contributed by atoms with Crippen molar-refractivity contribution in [3.05, 3.63) is 30.0 Å². The van der Waals surface area contributed by atoms with Gasteiger partial charge in [-0.3, -0.25) is 15.1 Å². The molecule has 100 valence electrons. The van der Waals surface area contributed by atoms with E-state index in [1.165, 1.54) is 19.4 Å². The molecule has 1 aliphatic heterocycles. The summed E-state index contributed by atoms with van der Waals surface area (Å²) in [6.45, 7) is 4.27. The first-order chi connectivity index (χ1) is 9.24. The van der Waals surface area contributed by atoms with Crippen molar-refractivity contribution in [1.29, 1.82) is 0 Å². The number of aryl methyl sites for hydroxylation is 1. The lowest BCUT2D eigenvalue weighted by molar-refractivity contribution is 0.248. The maximum absolute atomic E-state index is 4.60. The molecule has 5 heteroatoms. The third-order valence-electron chi connectivity index (χ3n) is 3.82. The van der Waals surface area contributed by atoms with Gasteiger partial charge in [-0.05, 0) is 33.4 Å². The number of rotatable bonds is 2. The van der Waals surface area contributed by atoms with Crippen molar-refractivity contribution in [2.75, 3.05) is 20.1 Å². The number of aromatic amines is 1. The summed E-state index contributed by atoms with van der Waals surface area (Å²) in [4.78, 5) is 11.5.